The van der Waals surface area contributed by atoms with Crippen molar-refractivity contribution >= 4 is 28.6 Å². The number of carbonyl (C=O) groups excluding carboxylic acids is 3. The molecule has 0 bridgehead atoms. The Labute approximate surface area is 182 Å². The van der Waals surface area contributed by atoms with Crippen molar-refractivity contribution in [1.29, 1.82) is 0 Å². The van der Waals surface area contributed by atoms with Gasteiger partial charge in [-0.2, -0.15) is 0 Å². The van der Waals surface area contributed by atoms with Crippen LogP contribution in [0.15, 0.2) is 42.5 Å². The van der Waals surface area contributed by atoms with Crippen LogP contribution in [0, 0.1) is 5.92 Å². The van der Waals surface area contributed by atoms with Crippen LogP contribution in [0.5, 0.6) is 0 Å². The summed E-state index contributed by atoms with van der Waals surface area (Å²) in [6.45, 7) is 2.27. The number of nitrogens with one attached hydrogen (secondary N) is 1. The molecule has 1 N–H and O–H groups in total. The van der Waals surface area contributed by atoms with E-state index in [-0.39, 0.29) is 24.4 Å². The van der Waals surface area contributed by atoms with E-state index in [1.807, 2.05) is 47.4 Å². The van der Waals surface area contributed by atoms with Crippen LogP contribution >= 0.6 is 0 Å². The lowest BCUT2D eigenvalue weighted by atomic mass is 9.78. The van der Waals surface area contributed by atoms with E-state index in [4.69, 9.17) is 0 Å². The van der Waals surface area contributed by atoms with E-state index in [1.54, 1.807) is 6.92 Å². The minimum absolute atomic E-state index is 0.108. The minimum Gasteiger partial charge on any atom is -0.338 e. The highest BCUT2D eigenvalue weighted by molar-refractivity contribution is 6.09. The van der Waals surface area contributed by atoms with E-state index in [9.17, 15) is 14.4 Å². The van der Waals surface area contributed by atoms with Gasteiger partial charge in [-0.1, -0.05) is 49.2 Å². The number of benzene rings is 2. The van der Waals surface area contributed by atoms with Crippen LogP contribution in [0.2, 0.25) is 0 Å². The molecule has 2 heterocycles. The Hall–Kier alpha value is -2.89. The number of hydrogen-bond donors (Lipinski definition) is 1. The van der Waals surface area contributed by atoms with Gasteiger partial charge in [0.2, 0.25) is 5.91 Å². The second kappa shape index (κ2) is 7.66. The third-order valence-electron chi connectivity index (χ3n) is 7.46. The topological polar surface area (TPSA) is 69.7 Å². The molecule has 2 saturated heterocycles. The molecular weight excluding hydrogens is 390 g/mol. The van der Waals surface area contributed by atoms with Crippen LogP contribution in [-0.4, -0.2) is 46.8 Å². The Morgan fingerprint density at radius 1 is 1.03 bits per heavy atom. The van der Waals surface area contributed by atoms with Crippen molar-refractivity contribution in [2.24, 2.45) is 5.92 Å². The van der Waals surface area contributed by atoms with Crippen molar-refractivity contribution < 1.29 is 14.4 Å². The monoisotopic (exact) mass is 419 g/mol. The number of amides is 4. The lowest BCUT2D eigenvalue weighted by Gasteiger charge is -2.44. The van der Waals surface area contributed by atoms with Crippen LogP contribution in [0.1, 0.15) is 51.0 Å². The van der Waals surface area contributed by atoms with Gasteiger partial charge in [-0.25, -0.2) is 4.79 Å². The molecule has 162 valence electrons. The second-order valence-corrected chi connectivity index (χ2v) is 9.35. The Bertz CT molecular complexity index is 1050. The van der Waals surface area contributed by atoms with E-state index >= 15 is 0 Å². The number of piperidine rings is 1. The highest BCUT2D eigenvalue weighted by atomic mass is 16.2. The first-order valence-corrected chi connectivity index (χ1v) is 11.4. The molecule has 0 spiro atoms. The first-order valence-electron chi connectivity index (χ1n) is 11.4. The molecule has 2 aromatic rings. The maximum atomic E-state index is 13.3. The fourth-order valence-electron chi connectivity index (χ4n) is 5.70. The first kappa shape index (κ1) is 20.0. The standard InChI is InChI=1S/C25H29N3O3/c1-25(20-13-12-17-7-2-3-9-19(17)15-20)23(30)28(24(31)26-25)16-22(29)27-14-6-10-18-8-4-5-11-21(18)27/h2-3,7,9,12-13,15,18,21H,4-6,8,10-11,14,16H2,1H3,(H,26,31)/t18-,21-,25-/m0/s1. The molecule has 1 saturated carbocycles. The number of imide groups is 1. The molecular formula is C25H29N3O3. The highest BCUT2D eigenvalue weighted by Crippen LogP contribution is 2.36. The third kappa shape index (κ3) is 3.38. The molecule has 3 atom stereocenters. The molecule has 4 amide bonds. The molecule has 6 heteroatoms. The first-order chi connectivity index (χ1) is 15.0. The van der Waals surface area contributed by atoms with Gasteiger partial charge in [0, 0.05) is 12.6 Å². The normalized spacial score (nSPS) is 28.5. The van der Waals surface area contributed by atoms with Gasteiger partial charge in [-0.3, -0.25) is 14.5 Å². The number of fused-ring (bicyclic) bond motifs is 2. The minimum atomic E-state index is -1.17. The summed E-state index contributed by atoms with van der Waals surface area (Å²) in [5, 5.41) is 4.93. The lowest BCUT2D eigenvalue weighted by Crippen LogP contribution is -2.53. The lowest BCUT2D eigenvalue weighted by molar-refractivity contribution is -0.142. The van der Waals surface area contributed by atoms with E-state index in [0.717, 1.165) is 47.0 Å². The van der Waals surface area contributed by atoms with E-state index in [0.29, 0.717) is 5.92 Å². The summed E-state index contributed by atoms with van der Waals surface area (Å²) in [6, 6.07) is 13.5. The summed E-state index contributed by atoms with van der Waals surface area (Å²) in [4.78, 5) is 42.3. The predicted molar refractivity (Wildman–Crippen MR) is 118 cm³/mol. The Kier molecular flexibility index (Phi) is 4.95. The van der Waals surface area contributed by atoms with Crippen molar-refractivity contribution in [3.8, 4) is 0 Å². The summed E-state index contributed by atoms with van der Waals surface area (Å²) in [7, 11) is 0. The molecule has 0 aromatic heterocycles. The van der Waals surface area contributed by atoms with Crippen molar-refractivity contribution in [2.75, 3.05) is 13.1 Å². The van der Waals surface area contributed by atoms with Crippen LogP contribution in [-0.2, 0) is 15.1 Å². The maximum absolute atomic E-state index is 13.3. The molecule has 31 heavy (non-hydrogen) atoms. The molecule has 3 fully saturated rings. The van der Waals surface area contributed by atoms with Crippen LogP contribution in [0.25, 0.3) is 10.8 Å². The quantitative estimate of drug-likeness (QED) is 0.770. The van der Waals surface area contributed by atoms with Gasteiger partial charge in [-0.05, 0) is 60.9 Å². The van der Waals surface area contributed by atoms with Gasteiger partial charge in [0.15, 0.2) is 0 Å². The highest BCUT2D eigenvalue weighted by Gasteiger charge is 2.50. The number of rotatable bonds is 3. The van der Waals surface area contributed by atoms with Gasteiger partial charge >= 0.3 is 6.03 Å². The second-order valence-electron chi connectivity index (χ2n) is 9.35. The fraction of sp³-hybridized carbons (Fsp3) is 0.480. The van der Waals surface area contributed by atoms with E-state index in [1.165, 1.54) is 19.3 Å². The zero-order valence-electron chi connectivity index (χ0n) is 18.0. The van der Waals surface area contributed by atoms with Crippen LogP contribution in [0.3, 0.4) is 0 Å². The summed E-state index contributed by atoms with van der Waals surface area (Å²) >= 11 is 0. The number of carbonyl (C=O) groups is 3. The average molecular weight is 420 g/mol. The summed E-state index contributed by atoms with van der Waals surface area (Å²) < 4.78 is 0. The molecule has 2 aromatic carbocycles. The van der Waals surface area contributed by atoms with E-state index < -0.39 is 11.6 Å². The largest absolute Gasteiger partial charge is 0.338 e. The number of hydrogen-bond acceptors (Lipinski definition) is 3. The number of nitrogens with zero attached hydrogens (tertiary/aromatic N) is 2. The number of likely N-dealkylation sites (tertiary alicyclic amines) is 1. The van der Waals surface area contributed by atoms with Gasteiger partial charge in [0.05, 0.1) is 0 Å². The van der Waals surface area contributed by atoms with E-state index in [2.05, 4.69) is 5.32 Å². The Morgan fingerprint density at radius 3 is 2.61 bits per heavy atom. The molecule has 6 nitrogen and oxygen atoms in total. The molecule has 3 aliphatic rings. The van der Waals surface area contributed by atoms with Crippen molar-refractivity contribution in [3.63, 3.8) is 0 Å². The summed E-state index contributed by atoms with van der Waals surface area (Å²) in [5.41, 5.74) is -0.443. The van der Waals surface area contributed by atoms with Crippen LogP contribution < -0.4 is 5.32 Å². The zero-order valence-corrected chi connectivity index (χ0v) is 18.0. The molecule has 1 aliphatic carbocycles. The van der Waals surface area contributed by atoms with Crippen molar-refractivity contribution in [3.05, 3.63) is 48.0 Å². The Morgan fingerprint density at radius 2 is 1.77 bits per heavy atom. The SMILES string of the molecule is C[C@@]1(c2ccc3ccccc3c2)NC(=O)N(CC(=O)N2CCC[C@@H]3CCCC[C@@H]32)C1=O. The summed E-state index contributed by atoms with van der Waals surface area (Å²) in [5.74, 6) is 0.0959. The van der Waals surface area contributed by atoms with Gasteiger partial charge in [-0.15, -0.1) is 0 Å². The van der Waals surface area contributed by atoms with Gasteiger partial charge in [0.1, 0.15) is 12.1 Å². The predicted octanol–water partition coefficient (Wildman–Crippen LogP) is 3.79. The maximum Gasteiger partial charge on any atom is 0.325 e. The van der Waals surface area contributed by atoms with Crippen LogP contribution in [0.4, 0.5) is 4.79 Å². The average Bonchev–Trinajstić information content (AvgIpc) is 3.02. The van der Waals surface area contributed by atoms with Crippen molar-refractivity contribution in [2.45, 2.75) is 57.0 Å². The molecule has 0 radical (unpaired) electrons. The molecule has 5 rings (SSSR count). The molecule has 0 unspecified atom stereocenters. The Balaban J connectivity index is 1.36. The van der Waals surface area contributed by atoms with Crippen molar-refractivity contribution in [1.82, 2.24) is 15.1 Å². The smallest absolute Gasteiger partial charge is 0.325 e. The third-order valence-corrected chi connectivity index (χ3v) is 7.46. The number of urea groups is 1. The van der Waals surface area contributed by atoms with Gasteiger partial charge < -0.3 is 10.2 Å². The van der Waals surface area contributed by atoms with Gasteiger partial charge in [0.25, 0.3) is 5.91 Å². The fourth-order valence-corrected chi connectivity index (χ4v) is 5.70. The molecule has 2 aliphatic heterocycles. The zero-order chi connectivity index (χ0) is 21.6. The summed E-state index contributed by atoms with van der Waals surface area (Å²) in [6.07, 6.45) is 6.77.